The van der Waals surface area contributed by atoms with E-state index in [4.69, 9.17) is 14.2 Å². The summed E-state index contributed by atoms with van der Waals surface area (Å²) in [6.45, 7) is 0.351. The second-order valence-electron chi connectivity index (χ2n) is 6.34. The Bertz CT molecular complexity index is 960. The lowest BCUT2D eigenvalue weighted by Gasteiger charge is -2.16. The first-order valence-corrected chi connectivity index (χ1v) is 8.62. The van der Waals surface area contributed by atoms with Crippen molar-refractivity contribution in [2.75, 3.05) is 28.3 Å². The molecule has 0 radical (unpaired) electrons. The van der Waals surface area contributed by atoms with Crippen molar-refractivity contribution in [1.82, 2.24) is 4.90 Å². The molecule has 0 unspecified atom stereocenters. The molecule has 0 saturated heterocycles. The Morgan fingerprint density at radius 2 is 1.59 bits per heavy atom. The molecule has 0 spiro atoms. The summed E-state index contributed by atoms with van der Waals surface area (Å²) in [6.07, 6.45) is 0. The number of carbonyl (C=O) groups is 1. The SMILES string of the molecule is COc1ccc(COc2cccc3cccc(C(=O)N(C)C)c23)cc1OC. The predicted molar refractivity (Wildman–Crippen MR) is 106 cm³/mol. The van der Waals surface area contributed by atoms with E-state index in [1.807, 2.05) is 54.6 Å². The largest absolute Gasteiger partial charge is 0.493 e. The number of hydrogen-bond acceptors (Lipinski definition) is 4. The average molecular weight is 365 g/mol. The van der Waals surface area contributed by atoms with E-state index in [1.54, 1.807) is 33.2 Å². The number of benzene rings is 3. The van der Waals surface area contributed by atoms with E-state index in [2.05, 4.69) is 0 Å². The number of ether oxygens (including phenoxy) is 3. The molecule has 0 N–H and O–H groups in total. The van der Waals surface area contributed by atoms with Gasteiger partial charge in [0.15, 0.2) is 11.5 Å². The van der Waals surface area contributed by atoms with Gasteiger partial charge in [-0.15, -0.1) is 0 Å². The molecule has 0 fully saturated rings. The lowest BCUT2D eigenvalue weighted by atomic mass is 10.0. The van der Waals surface area contributed by atoms with Crippen LogP contribution in [-0.2, 0) is 6.61 Å². The fourth-order valence-corrected chi connectivity index (χ4v) is 2.98. The van der Waals surface area contributed by atoms with Gasteiger partial charge in [-0.25, -0.2) is 0 Å². The quantitative estimate of drug-likeness (QED) is 0.659. The summed E-state index contributed by atoms with van der Waals surface area (Å²) in [5.41, 5.74) is 1.57. The fraction of sp³-hybridized carbons (Fsp3) is 0.227. The Morgan fingerprint density at radius 1 is 0.889 bits per heavy atom. The van der Waals surface area contributed by atoms with E-state index in [0.717, 1.165) is 16.3 Å². The highest BCUT2D eigenvalue weighted by Crippen LogP contribution is 2.32. The first-order valence-electron chi connectivity index (χ1n) is 8.62. The molecule has 3 aromatic rings. The monoisotopic (exact) mass is 365 g/mol. The van der Waals surface area contributed by atoms with Gasteiger partial charge in [0, 0.05) is 19.5 Å². The summed E-state index contributed by atoms with van der Waals surface area (Å²) in [4.78, 5) is 14.1. The predicted octanol–water partition coefficient (Wildman–Crippen LogP) is 4.14. The van der Waals surface area contributed by atoms with Crippen LogP contribution < -0.4 is 14.2 Å². The molecule has 5 nitrogen and oxygen atoms in total. The topological polar surface area (TPSA) is 48.0 Å². The van der Waals surface area contributed by atoms with Gasteiger partial charge in [0.2, 0.25) is 0 Å². The smallest absolute Gasteiger partial charge is 0.254 e. The number of nitrogens with zero attached hydrogens (tertiary/aromatic N) is 1. The van der Waals surface area contributed by atoms with Crippen molar-refractivity contribution >= 4 is 16.7 Å². The molecule has 0 saturated carbocycles. The lowest BCUT2D eigenvalue weighted by Crippen LogP contribution is -2.22. The molecule has 0 aromatic heterocycles. The van der Waals surface area contributed by atoms with Gasteiger partial charge in [-0.1, -0.05) is 30.3 Å². The van der Waals surface area contributed by atoms with Crippen LogP contribution in [0.1, 0.15) is 15.9 Å². The third kappa shape index (κ3) is 3.82. The van der Waals surface area contributed by atoms with Gasteiger partial charge in [-0.2, -0.15) is 0 Å². The van der Waals surface area contributed by atoms with Crippen LogP contribution in [-0.4, -0.2) is 39.1 Å². The number of hydrogen-bond donors (Lipinski definition) is 0. The Balaban J connectivity index is 1.95. The Labute approximate surface area is 159 Å². The molecule has 0 atom stereocenters. The van der Waals surface area contributed by atoms with Crippen LogP contribution in [0.4, 0.5) is 0 Å². The van der Waals surface area contributed by atoms with E-state index in [1.165, 1.54) is 0 Å². The molecular formula is C22H23NO4. The number of carbonyl (C=O) groups excluding carboxylic acids is 1. The second-order valence-corrected chi connectivity index (χ2v) is 6.34. The van der Waals surface area contributed by atoms with E-state index in [-0.39, 0.29) is 5.91 Å². The van der Waals surface area contributed by atoms with Crippen LogP contribution in [0.15, 0.2) is 54.6 Å². The molecule has 3 rings (SSSR count). The average Bonchev–Trinajstić information content (AvgIpc) is 2.70. The maximum Gasteiger partial charge on any atom is 0.254 e. The fourth-order valence-electron chi connectivity index (χ4n) is 2.98. The summed E-state index contributed by atoms with van der Waals surface area (Å²) in [6, 6.07) is 17.1. The van der Waals surface area contributed by atoms with Crippen molar-refractivity contribution < 1.29 is 19.0 Å². The van der Waals surface area contributed by atoms with Crippen molar-refractivity contribution in [3.63, 3.8) is 0 Å². The van der Waals surface area contributed by atoms with Crippen molar-refractivity contribution in [3.05, 3.63) is 65.7 Å². The Morgan fingerprint density at radius 3 is 2.26 bits per heavy atom. The summed E-state index contributed by atoms with van der Waals surface area (Å²) in [5.74, 6) is 1.95. The number of amides is 1. The van der Waals surface area contributed by atoms with Gasteiger partial charge in [0.05, 0.1) is 19.8 Å². The zero-order valence-electron chi connectivity index (χ0n) is 16.0. The van der Waals surface area contributed by atoms with Gasteiger partial charge in [-0.3, -0.25) is 4.79 Å². The van der Waals surface area contributed by atoms with Crippen LogP contribution in [0.25, 0.3) is 10.8 Å². The van der Waals surface area contributed by atoms with Gasteiger partial charge in [0.25, 0.3) is 5.91 Å². The molecule has 0 aliphatic heterocycles. The molecule has 0 heterocycles. The van der Waals surface area contributed by atoms with E-state index in [0.29, 0.717) is 29.4 Å². The third-order valence-corrected chi connectivity index (χ3v) is 4.35. The molecule has 0 aliphatic carbocycles. The zero-order valence-corrected chi connectivity index (χ0v) is 16.0. The zero-order chi connectivity index (χ0) is 19.4. The molecule has 27 heavy (non-hydrogen) atoms. The van der Waals surface area contributed by atoms with Gasteiger partial charge in [-0.05, 0) is 35.2 Å². The summed E-state index contributed by atoms with van der Waals surface area (Å²) >= 11 is 0. The first kappa shape index (κ1) is 18.6. The van der Waals surface area contributed by atoms with Crippen molar-refractivity contribution in [2.24, 2.45) is 0 Å². The van der Waals surface area contributed by atoms with Crippen LogP contribution in [0.2, 0.25) is 0 Å². The number of fused-ring (bicyclic) bond motifs is 1. The Hall–Kier alpha value is -3.21. The van der Waals surface area contributed by atoms with Gasteiger partial charge >= 0.3 is 0 Å². The van der Waals surface area contributed by atoms with Gasteiger partial charge < -0.3 is 19.1 Å². The molecular weight excluding hydrogens is 342 g/mol. The summed E-state index contributed by atoms with van der Waals surface area (Å²) in [7, 11) is 6.70. The van der Waals surface area contributed by atoms with Crippen molar-refractivity contribution in [1.29, 1.82) is 0 Å². The van der Waals surface area contributed by atoms with Crippen LogP contribution in [0.5, 0.6) is 17.2 Å². The first-order chi connectivity index (χ1) is 13.0. The third-order valence-electron chi connectivity index (χ3n) is 4.35. The second kappa shape index (κ2) is 7.99. The summed E-state index contributed by atoms with van der Waals surface area (Å²) in [5, 5.41) is 1.78. The van der Waals surface area contributed by atoms with E-state index >= 15 is 0 Å². The van der Waals surface area contributed by atoms with Crippen LogP contribution >= 0.6 is 0 Å². The van der Waals surface area contributed by atoms with Crippen molar-refractivity contribution in [2.45, 2.75) is 6.61 Å². The van der Waals surface area contributed by atoms with Crippen LogP contribution in [0, 0.1) is 0 Å². The minimum absolute atomic E-state index is 0.0530. The van der Waals surface area contributed by atoms with E-state index in [9.17, 15) is 4.79 Å². The molecule has 0 aliphatic rings. The molecule has 3 aromatic carbocycles. The molecule has 0 bridgehead atoms. The van der Waals surface area contributed by atoms with Crippen LogP contribution in [0.3, 0.4) is 0 Å². The standard InChI is InChI=1S/C22H23NO4/c1-23(2)22(24)17-9-5-7-16-8-6-10-19(21(16)17)27-14-15-11-12-18(25-3)20(13-15)26-4/h5-13H,14H2,1-4H3. The minimum atomic E-state index is -0.0530. The highest BCUT2D eigenvalue weighted by atomic mass is 16.5. The molecule has 5 heteroatoms. The highest BCUT2D eigenvalue weighted by molar-refractivity contribution is 6.09. The minimum Gasteiger partial charge on any atom is -0.493 e. The number of methoxy groups -OCH3 is 2. The molecule has 140 valence electrons. The maximum absolute atomic E-state index is 12.6. The van der Waals surface area contributed by atoms with Gasteiger partial charge in [0.1, 0.15) is 12.4 Å². The Kier molecular flexibility index (Phi) is 5.50. The molecule has 1 amide bonds. The van der Waals surface area contributed by atoms with Crippen molar-refractivity contribution in [3.8, 4) is 17.2 Å². The normalized spacial score (nSPS) is 10.5. The highest BCUT2D eigenvalue weighted by Gasteiger charge is 2.15. The maximum atomic E-state index is 12.6. The number of rotatable bonds is 6. The summed E-state index contributed by atoms with van der Waals surface area (Å²) < 4.78 is 16.7. The lowest BCUT2D eigenvalue weighted by molar-refractivity contribution is 0.0829. The van der Waals surface area contributed by atoms with E-state index < -0.39 is 0 Å².